The van der Waals surface area contributed by atoms with E-state index in [4.69, 9.17) is 16.3 Å². The third kappa shape index (κ3) is 4.07. The Balaban J connectivity index is 1.95. The zero-order valence-electron chi connectivity index (χ0n) is 13.8. The van der Waals surface area contributed by atoms with E-state index in [9.17, 15) is 9.59 Å². The maximum Gasteiger partial charge on any atom is 0.341 e. The fourth-order valence-corrected chi connectivity index (χ4v) is 3.41. The summed E-state index contributed by atoms with van der Waals surface area (Å²) in [7, 11) is 1.25. The first kappa shape index (κ1) is 18.0. The molecule has 0 aliphatic rings. The minimum absolute atomic E-state index is 0.0297. The van der Waals surface area contributed by atoms with E-state index in [-0.39, 0.29) is 11.4 Å². The average Bonchev–Trinajstić information content (AvgIpc) is 3.17. The molecule has 0 saturated heterocycles. The van der Waals surface area contributed by atoms with Crippen LogP contribution in [0.4, 0.5) is 0 Å². The monoisotopic (exact) mass is 383 g/mol. The average molecular weight is 384 g/mol. The molecule has 6 heteroatoms. The predicted octanol–water partition coefficient (Wildman–Crippen LogP) is 4.90. The molecule has 0 aliphatic carbocycles. The van der Waals surface area contributed by atoms with Crippen molar-refractivity contribution in [2.45, 2.75) is 0 Å². The maximum atomic E-state index is 12.9. The third-order valence-electron chi connectivity index (χ3n) is 3.63. The first-order valence-corrected chi connectivity index (χ1v) is 8.88. The molecule has 26 heavy (non-hydrogen) atoms. The number of nitrogens with zero attached hydrogens (tertiary/aromatic N) is 1. The molecule has 2 aromatic heterocycles. The third-order valence-corrected chi connectivity index (χ3v) is 5.01. The van der Waals surface area contributed by atoms with Crippen LogP contribution in [0.15, 0.2) is 66.5 Å². The van der Waals surface area contributed by atoms with E-state index in [0.717, 1.165) is 10.4 Å². The van der Waals surface area contributed by atoms with Gasteiger partial charge in [-0.05, 0) is 53.6 Å². The van der Waals surface area contributed by atoms with Gasteiger partial charge in [0, 0.05) is 22.3 Å². The van der Waals surface area contributed by atoms with E-state index in [1.54, 1.807) is 42.7 Å². The molecule has 0 aliphatic heterocycles. The number of halogens is 1. The summed E-state index contributed by atoms with van der Waals surface area (Å²) in [5, 5.41) is 0.577. The number of rotatable bonds is 5. The molecule has 0 bridgehead atoms. The highest BCUT2D eigenvalue weighted by Gasteiger charge is 2.22. The zero-order chi connectivity index (χ0) is 18.5. The molecule has 0 N–H and O–H groups in total. The quantitative estimate of drug-likeness (QED) is 0.207. The van der Waals surface area contributed by atoms with E-state index in [1.807, 2.05) is 18.2 Å². The van der Waals surface area contributed by atoms with Gasteiger partial charge in [-0.1, -0.05) is 23.7 Å². The second-order valence-corrected chi connectivity index (χ2v) is 6.85. The highest BCUT2D eigenvalue weighted by atomic mass is 35.5. The Morgan fingerprint density at radius 1 is 1.04 bits per heavy atom. The lowest BCUT2D eigenvalue weighted by atomic mass is 10.1. The van der Waals surface area contributed by atoms with E-state index in [1.165, 1.54) is 24.5 Å². The highest BCUT2D eigenvalue weighted by molar-refractivity contribution is 7.17. The van der Waals surface area contributed by atoms with E-state index >= 15 is 0 Å². The fourth-order valence-electron chi connectivity index (χ4n) is 2.32. The number of carbonyl (C=O) groups excluding carboxylic acids is 2. The number of hydrogen-bond donors (Lipinski definition) is 0. The molecule has 1 aromatic carbocycles. The van der Waals surface area contributed by atoms with Crippen molar-refractivity contribution in [3.63, 3.8) is 0 Å². The number of hydrogen-bond acceptors (Lipinski definition) is 5. The highest BCUT2D eigenvalue weighted by Crippen LogP contribution is 2.29. The number of ether oxygens (including phenoxy) is 1. The van der Waals surface area contributed by atoms with Crippen molar-refractivity contribution in [2.75, 3.05) is 7.11 Å². The van der Waals surface area contributed by atoms with Crippen LogP contribution in [0.3, 0.4) is 0 Å². The Kier molecular flexibility index (Phi) is 5.61. The number of methoxy groups -OCH3 is 1. The molecule has 0 radical (unpaired) electrons. The van der Waals surface area contributed by atoms with Crippen LogP contribution in [0.5, 0.6) is 0 Å². The van der Waals surface area contributed by atoms with Gasteiger partial charge in [0.1, 0.15) is 5.57 Å². The van der Waals surface area contributed by atoms with Gasteiger partial charge in [-0.2, -0.15) is 0 Å². The minimum atomic E-state index is -0.677. The number of Topliss-reactive ketones (excluding diaryl/α,β-unsaturated/α-hetero) is 1. The Hall–Kier alpha value is -2.76. The summed E-state index contributed by atoms with van der Waals surface area (Å²) < 4.78 is 4.78. The molecule has 0 fully saturated rings. The van der Waals surface area contributed by atoms with E-state index < -0.39 is 5.97 Å². The summed E-state index contributed by atoms with van der Waals surface area (Å²) >= 11 is 7.19. The van der Waals surface area contributed by atoms with Crippen molar-refractivity contribution >= 4 is 40.8 Å². The first-order chi connectivity index (χ1) is 12.6. The predicted molar refractivity (Wildman–Crippen MR) is 103 cm³/mol. The first-order valence-electron chi connectivity index (χ1n) is 7.69. The van der Waals surface area contributed by atoms with Crippen LogP contribution >= 0.6 is 22.9 Å². The summed E-state index contributed by atoms with van der Waals surface area (Å²) in [4.78, 5) is 30.4. The van der Waals surface area contributed by atoms with Gasteiger partial charge in [-0.3, -0.25) is 9.78 Å². The van der Waals surface area contributed by atoms with Crippen molar-refractivity contribution in [2.24, 2.45) is 0 Å². The second-order valence-electron chi connectivity index (χ2n) is 5.33. The maximum absolute atomic E-state index is 12.9. The molecule has 0 atom stereocenters. The standard InChI is InChI=1S/C20H14ClNO3S/c1-25-20(24)16(12-13-2-4-15(21)5-3-13)19(23)18-7-6-17(26-18)14-8-10-22-11-9-14/h2-12H,1H3. The molecule has 3 rings (SSSR count). The van der Waals surface area contributed by atoms with E-state index in [2.05, 4.69) is 4.98 Å². The number of benzene rings is 1. The Morgan fingerprint density at radius 3 is 2.38 bits per heavy atom. The van der Waals surface area contributed by atoms with Crippen molar-refractivity contribution in [1.29, 1.82) is 0 Å². The number of esters is 1. The normalized spacial score (nSPS) is 11.2. The largest absolute Gasteiger partial charge is 0.465 e. The summed E-state index contributed by atoms with van der Waals surface area (Å²) in [5.41, 5.74) is 1.62. The Bertz CT molecular complexity index is 962. The van der Waals surface area contributed by atoms with Gasteiger partial charge in [0.15, 0.2) is 0 Å². The van der Waals surface area contributed by atoms with Gasteiger partial charge in [0.05, 0.1) is 12.0 Å². The Morgan fingerprint density at radius 2 is 1.73 bits per heavy atom. The fraction of sp³-hybridized carbons (Fsp3) is 0.0500. The van der Waals surface area contributed by atoms with Crippen LogP contribution in [-0.4, -0.2) is 23.8 Å². The molecule has 130 valence electrons. The smallest absolute Gasteiger partial charge is 0.341 e. The van der Waals surface area contributed by atoms with Crippen molar-refractivity contribution in [3.05, 3.63) is 82.0 Å². The molecule has 2 heterocycles. The number of carbonyl (C=O) groups is 2. The number of thiophene rings is 1. The van der Waals surface area contributed by atoms with Crippen LogP contribution in [0.2, 0.25) is 5.02 Å². The lowest BCUT2D eigenvalue weighted by Gasteiger charge is -2.04. The van der Waals surface area contributed by atoms with Gasteiger partial charge >= 0.3 is 5.97 Å². The zero-order valence-corrected chi connectivity index (χ0v) is 15.4. The molecule has 4 nitrogen and oxygen atoms in total. The molecule has 0 unspecified atom stereocenters. The van der Waals surface area contributed by atoms with Gasteiger partial charge < -0.3 is 4.74 Å². The number of aromatic nitrogens is 1. The number of ketones is 1. The van der Waals surface area contributed by atoms with Crippen LogP contribution in [0.25, 0.3) is 16.5 Å². The lowest BCUT2D eigenvalue weighted by Crippen LogP contribution is -2.13. The van der Waals surface area contributed by atoms with Gasteiger partial charge in [-0.25, -0.2) is 4.79 Å². The summed E-state index contributed by atoms with van der Waals surface area (Å²) in [6, 6.07) is 14.1. The van der Waals surface area contributed by atoms with Crippen LogP contribution < -0.4 is 0 Å². The molecule has 0 spiro atoms. The molecular formula is C20H14ClNO3S. The van der Waals surface area contributed by atoms with Gasteiger partial charge in [0.25, 0.3) is 0 Å². The second kappa shape index (κ2) is 8.08. The summed E-state index contributed by atoms with van der Waals surface area (Å²) in [6.45, 7) is 0. The van der Waals surface area contributed by atoms with Crippen molar-refractivity contribution < 1.29 is 14.3 Å². The van der Waals surface area contributed by atoms with Crippen LogP contribution in [0, 0.1) is 0 Å². The molecule has 0 saturated carbocycles. The summed E-state index contributed by atoms with van der Waals surface area (Å²) in [6.07, 6.45) is 4.89. The van der Waals surface area contributed by atoms with E-state index in [0.29, 0.717) is 15.5 Å². The van der Waals surface area contributed by atoms with Crippen molar-refractivity contribution in [3.8, 4) is 10.4 Å². The van der Waals surface area contributed by atoms with Crippen LogP contribution in [-0.2, 0) is 9.53 Å². The van der Waals surface area contributed by atoms with Crippen molar-refractivity contribution in [1.82, 2.24) is 4.98 Å². The summed E-state index contributed by atoms with van der Waals surface area (Å²) in [5.74, 6) is -1.05. The Labute approximate surface area is 159 Å². The molecular weight excluding hydrogens is 370 g/mol. The SMILES string of the molecule is COC(=O)C(=Cc1ccc(Cl)cc1)C(=O)c1ccc(-c2ccncc2)s1. The number of pyridine rings is 1. The van der Waals surface area contributed by atoms with Gasteiger partial charge in [-0.15, -0.1) is 11.3 Å². The molecule has 0 amide bonds. The lowest BCUT2D eigenvalue weighted by molar-refractivity contribution is -0.135. The van der Waals surface area contributed by atoms with Crippen LogP contribution in [0.1, 0.15) is 15.2 Å². The molecule has 3 aromatic rings. The topological polar surface area (TPSA) is 56.3 Å². The minimum Gasteiger partial charge on any atom is -0.465 e. The van der Waals surface area contributed by atoms with Gasteiger partial charge in [0.2, 0.25) is 5.78 Å².